The third-order valence-electron chi connectivity index (χ3n) is 2.79. The van der Waals surface area contributed by atoms with E-state index in [0.29, 0.717) is 6.42 Å². The van der Waals surface area contributed by atoms with E-state index in [1.807, 2.05) is 13.8 Å². The molecule has 0 bridgehead atoms. The van der Waals surface area contributed by atoms with Crippen molar-refractivity contribution in [2.45, 2.75) is 26.3 Å². The number of hydrogen-bond donors (Lipinski definition) is 3. The van der Waals surface area contributed by atoms with Crippen LogP contribution in [0.25, 0.3) is 0 Å². The van der Waals surface area contributed by atoms with Crippen LogP contribution in [0.2, 0.25) is 0 Å². The van der Waals surface area contributed by atoms with Crippen LogP contribution in [0.15, 0.2) is 0 Å². The lowest BCUT2D eigenvalue weighted by Crippen LogP contribution is -2.49. The van der Waals surface area contributed by atoms with E-state index in [1.54, 1.807) is 0 Å². The second kappa shape index (κ2) is 9.89. The summed E-state index contributed by atoms with van der Waals surface area (Å²) in [4.78, 5) is 23.4. The molecule has 0 saturated heterocycles. The van der Waals surface area contributed by atoms with Gasteiger partial charge in [-0.2, -0.15) is 0 Å². The summed E-state index contributed by atoms with van der Waals surface area (Å²) < 4.78 is 21.4. The van der Waals surface area contributed by atoms with Gasteiger partial charge in [0.15, 0.2) is 0 Å². The highest BCUT2D eigenvalue weighted by Gasteiger charge is 2.24. The van der Waals surface area contributed by atoms with Crippen LogP contribution >= 0.6 is 7.60 Å². The van der Waals surface area contributed by atoms with E-state index in [-0.39, 0.29) is 31.1 Å². The normalized spacial score (nSPS) is 13.0. The third kappa shape index (κ3) is 8.16. The van der Waals surface area contributed by atoms with Crippen molar-refractivity contribution < 1.29 is 23.2 Å². The average Bonchev–Trinajstić information content (AvgIpc) is 2.45. The summed E-state index contributed by atoms with van der Waals surface area (Å²) in [5.74, 6) is -0.512. The highest BCUT2D eigenvalue weighted by Crippen LogP contribution is 2.45. The second-order valence-electron chi connectivity index (χ2n) is 4.94. The van der Waals surface area contributed by atoms with Crippen LogP contribution in [0.4, 0.5) is 0 Å². The SMILES string of the molecule is COP(=O)(CCNC(=O)C(CC(C)C)NC(=O)CN)OC. The highest BCUT2D eigenvalue weighted by atomic mass is 31.2. The molecule has 4 N–H and O–H groups in total. The van der Waals surface area contributed by atoms with E-state index in [9.17, 15) is 14.2 Å². The van der Waals surface area contributed by atoms with E-state index in [1.165, 1.54) is 14.2 Å². The molecule has 0 aliphatic rings. The van der Waals surface area contributed by atoms with Crippen LogP contribution in [0.1, 0.15) is 20.3 Å². The fourth-order valence-corrected chi connectivity index (χ4v) is 2.55. The monoisotopic (exact) mass is 323 g/mol. The number of nitrogens with two attached hydrogens (primary N) is 1. The Labute approximate surface area is 125 Å². The van der Waals surface area contributed by atoms with Crippen LogP contribution < -0.4 is 16.4 Å². The van der Waals surface area contributed by atoms with Crippen LogP contribution in [0.3, 0.4) is 0 Å². The first kappa shape index (κ1) is 20.1. The number of rotatable bonds is 10. The maximum atomic E-state index is 12.1. The zero-order chi connectivity index (χ0) is 16.5. The number of amides is 2. The summed E-state index contributed by atoms with van der Waals surface area (Å²) in [6.45, 7) is 3.84. The Bertz CT molecular complexity index is 381. The first-order valence-corrected chi connectivity index (χ1v) is 8.48. The summed E-state index contributed by atoms with van der Waals surface area (Å²) in [6, 6.07) is -0.662. The minimum absolute atomic E-state index is 0.0605. The van der Waals surface area contributed by atoms with Gasteiger partial charge >= 0.3 is 7.60 Å². The molecule has 0 aromatic rings. The molecular formula is C12H26N3O5P. The maximum absolute atomic E-state index is 12.1. The zero-order valence-corrected chi connectivity index (χ0v) is 13.9. The lowest BCUT2D eigenvalue weighted by molar-refractivity contribution is -0.128. The van der Waals surface area contributed by atoms with Crippen molar-refractivity contribution in [1.29, 1.82) is 0 Å². The minimum atomic E-state index is -3.15. The maximum Gasteiger partial charge on any atom is 0.331 e. The summed E-state index contributed by atoms with van der Waals surface area (Å²) in [5.41, 5.74) is 5.23. The zero-order valence-electron chi connectivity index (χ0n) is 13.0. The highest BCUT2D eigenvalue weighted by molar-refractivity contribution is 7.53. The molecule has 124 valence electrons. The molecule has 0 fully saturated rings. The van der Waals surface area contributed by atoms with Gasteiger partial charge in [-0.15, -0.1) is 0 Å². The molecule has 2 amide bonds. The van der Waals surface area contributed by atoms with Gasteiger partial charge in [-0.3, -0.25) is 14.2 Å². The quantitative estimate of drug-likeness (QED) is 0.490. The summed E-state index contributed by atoms with van der Waals surface area (Å²) in [5, 5.41) is 5.18. The largest absolute Gasteiger partial charge is 0.354 e. The molecule has 0 rings (SSSR count). The van der Waals surface area contributed by atoms with Crippen molar-refractivity contribution in [3.05, 3.63) is 0 Å². The summed E-state index contributed by atoms with van der Waals surface area (Å²) in [7, 11) is -0.577. The molecule has 0 saturated carbocycles. The van der Waals surface area contributed by atoms with Gasteiger partial charge in [0, 0.05) is 20.8 Å². The van der Waals surface area contributed by atoms with Crippen molar-refractivity contribution in [3.8, 4) is 0 Å². The van der Waals surface area contributed by atoms with Crippen LogP contribution in [-0.4, -0.2) is 51.3 Å². The van der Waals surface area contributed by atoms with Crippen LogP contribution in [-0.2, 0) is 23.2 Å². The average molecular weight is 323 g/mol. The first-order chi connectivity index (χ1) is 9.77. The molecule has 0 spiro atoms. The van der Waals surface area contributed by atoms with E-state index in [2.05, 4.69) is 10.6 Å². The molecule has 0 aliphatic heterocycles. The Hall–Kier alpha value is -0.950. The molecule has 9 heteroatoms. The summed E-state index contributed by atoms with van der Waals surface area (Å²) >= 11 is 0. The molecule has 21 heavy (non-hydrogen) atoms. The first-order valence-electron chi connectivity index (χ1n) is 6.75. The fraction of sp³-hybridized carbons (Fsp3) is 0.833. The molecule has 0 aromatic heterocycles. The Morgan fingerprint density at radius 3 is 2.24 bits per heavy atom. The number of hydrogen-bond acceptors (Lipinski definition) is 6. The molecule has 8 nitrogen and oxygen atoms in total. The van der Waals surface area contributed by atoms with Gasteiger partial charge in [0.2, 0.25) is 11.8 Å². The topological polar surface area (TPSA) is 120 Å². The lowest BCUT2D eigenvalue weighted by Gasteiger charge is -2.20. The predicted octanol–water partition coefficient (Wildman–Crippen LogP) is 0.0781. The van der Waals surface area contributed by atoms with Crippen LogP contribution in [0.5, 0.6) is 0 Å². The van der Waals surface area contributed by atoms with Crippen molar-refractivity contribution in [3.63, 3.8) is 0 Å². The standard InChI is InChI=1S/C12H26N3O5P/c1-9(2)7-10(15-11(16)8-13)12(17)14-5-6-21(18,19-3)20-4/h9-10H,5-8,13H2,1-4H3,(H,14,17)(H,15,16). The Morgan fingerprint density at radius 2 is 1.81 bits per heavy atom. The van der Waals surface area contributed by atoms with E-state index in [0.717, 1.165) is 0 Å². The van der Waals surface area contributed by atoms with Crippen LogP contribution in [0, 0.1) is 5.92 Å². The minimum Gasteiger partial charge on any atom is -0.354 e. The van der Waals surface area contributed by atoms with Gasteiger partial charge in [-0.05, 0) is 12.3 Å². The van der Waals surface area contributed by atoms with E-state index >= 15 is 0 Å². The Morgan fingerprint density at radius 1 is 1.24 bits per heavy atom. The Kier molecular flexibility index (Phi) is 9.44. The van der Waals surface area contributed by atoms with Gasteiger partial charge in [-0.25, -0.2) is 0 Å². The smallest absolute Gasteiger partial charge is 0.331 e. The van der Waals surface area contributed by atoms with Gasteiger partial charge in [0.25, 0.3) is 0 Å². The fourth-order valence-electron chi connectivity index (χ4n) is 1.65. The third-order valence-corrected chi connectivity index (χ3v) is 4.67. The Balaban J connectivity index is 4.47. The second-order valence-corrected chi connectivity index (χ2v) is 7.34. The number of carbonyl (C=O) groups excluding carboxylic acids is 2. The molecule has 0 radical (unpaired) electrons. The lowest BCUT2D eigenvalue weighted by atomic mass is 10.0. The molecule has 0 aliphatic carbocycles. The summed E-state index contributed by atoms with van der Waals surface area (Å²) in [6.07, 6.45) is 0.550. The van der Waals surface area contributed by atoms with Crippen molar-refractivity contribution in [1.82, 2.24) is 10.6 Å². The van der Waals surface area contributed by atoms with E-state index < -0.39 is 19.5 Å². The van der Waals surface area contributed by atoms with Gasteiger partial charge in [-0.1, -0.05) is 13.8 Å². The van der Waals surface area contributed by atoms with Crippen molar-refractivity contribution >= 4 is 19.4 Å². The van der Waals surface area contributed by atoms with E-state index in [4.69, 9.17) is 14.8 Å². The molecule has 1 unspecified atom stereocenters. The van der Waals surface area contributed by atoms with Gasteiger partial charge in [0.05, 0.1) is 12.7 Å². The molecule has 0 aromatic carbocycles. The van der Waals surface area contributed by atoms with Gasteiger partial charge < -0.3 is 25.4 Å². The van der Waals surface area contributed by atoms with Crippen molar-refractivity contribution in [2.24, 2.45) is 11.7 Å². The molecule has 0 heterocycles. The van der Waals surface area contributed by atoms with Gasteiger partial charge in [0.1, 0.15) is 6.04 Å². The molecule has 1 atom stereocenters. The van der Waals surface area contributed by atoms with Crippen molar-refractivity contribution in [2.75, 3.05) is 33.5 Å². The molecular weight excluding hydrogens is 297 g/mol. The number of carbonyl (C=O) groups is 2. The number of nitrogens with one attached hydrogen (secondary N) is 2. The predicted molar refractivity (Wildman–Crippen MR) is 79.9 cm³/mol.